The molecule has 1 N–H and O–H groups in total. The third kappa shape index (κ3) is 2.64. The van der Waals surface area contributed by atoms with Crippen molar-refractivity contribution < 1.29 is 4.74 Å². The monoisotopic (exact) mass is 259 g/mol. The van der Waals surface area contributed by atoms with Gasteiger partial charge in [0.15, 0.2) is 0 Å². The van der Waals surface area contributed by atoms with Crippen LogP contribution in [0.25, 0.3) is 0 Å². The molecule has 19 heavy (non-hydrogen) atoms. The maximum Gasteiger partial charge on any atom is 0.123 e. The van der Waals surface area contributed by atoms with Gasteiger partial charge in [-0.15, -0.1) is 0 Å². The van der Waals surface area contributed by atoms with E-state index in [1.54, 1.807) is 0 Å². The maximum atomic E-state index is 6.17. The van der Waals surface area contributed by atoms with Gasteiger partial charge in [-0.2, -0.15) is 0 Å². The first-order valence-corrected chi connectivity index (χ1v) is 7.62. The summed E-state index contributed by atoms with van der Waals surface area (Å²) in [4.78, 5) is 0. The van der Waals surface area contributed by atoms with Crippen LogP contribution in [0.1, 0.15) is 43.2 Å². The van der Waals surface area contributed by atoms with Gasteiger partial charge < -0.3 is 10.1 Å². The second-order valence-electron chi connectivity index (χ2n) is 6.50. The molecule has 1 heterocycles. The Kier molecular flexibility index (Phi) is 3.53. The van der Waals surface area contributed by atoms with Crippen molar-refractivity contribution in [3.05, 3.63) is 29.3 Å². The van der Waals surface area contributed by atoms with E-state index in [9.17, 15) is 0 Å². The Morgan fingerprint density at radius 3 is 2.84 bits per heavy atom. The van der Waals surface area contributed by atoms with Crippen molar-refractivity contribution in [3.63, 3.8) is 0 Å². The molecule has 2 aliphatic rings. The van der Waals surface area contributed by atoms with Crippen LogP contribution >= 0.6 is 0 Å². The van der Waals surface area contributed by atoms with E-state index in [1.807, 2.05) is 0 Å². The Labute approximate surface area is 116 Å². The number of hydrogen-bond donors (Lipinski definition) is 1. The molecule has 2 nitrogen and oxygen atoms in total. The van der Waals surface area contributed by atoms with E-state index in [4.69, 9.17) is 4.74 Å². The van der Waals surface area contributed by atoms with Crippen LogP contribution < -0.4 is 10.1 Å². The highest BCUT2D eigenvalue weighted by atomic mass is 16.5. The van der Waals surface area contributed by atoms with Crippen molar-refractivity contribution in [1.29, 1.82) is 0 Å². The normalized spacial score (nSPS) is 24.2. The summed E-state index contributed by atoms with van der Waals surface area (Å²) in [5.41, 5.74) is 3.23. The Morgan fingerprint density at radius 1 is 1.32 bits per heavy atom. The maximum absolute atomic E-state index is 6.17. The molecular formula is C17H25NO. The van der Waals surface area contributed by atoms with Gasteiger partial charge in [0.05, 0.1) is 0 Å². The van der Waals surface area contributed by atoms with E-state index in [0.29, 0.717) is 11.5 Å². The smallest absolute Gasteiger partial charge is 0.123 e. The first kappa shape index (κ1) is 13.0. The van der Waals surface area contributed by atoms with Gasteiger partial charge in [-0.05, 0) is 50.3 Å². The lowest BCUT2D eigenvalue weighted by molar-refractivity contribution is 0.136. The molecule has 1 aromatic rings. The van der Waals surface area contributed by atoms with Crippen LogP contribution in [0, 0.1) is 12.3 Å². The molecule has 0 saturated heterocycles. The fraction of sp³-hybridized carbons (Fsp3) is 0.647. The van der Waals surface area contributed by atoms with Crippen molar-refractivity contribution in [2.24, 2.45) is 5.41 Å². The van der Waals surface area contributed by atoms with Crippen molar-refractivity contribution >= 4 is 0 Å². The molecule has 1 saturated carbocycles. The minimum Gasteiger partial charge on any atom is -0.490 e. The van der Waals surface area contributed by atoms with Crippen LogP contribution in [-0.2, 0) is 6.42 Å². The highest BCUT2D eigenvalue weighted by Gasteiger charge is 2.38. The van der Waals surface area contributed by atoms with Crippen LogP contribution in [0.4, 0.5) is 0 Å². The van der Waals surface area contributed by atoms with E-state index in [2.05, 4.69) is 37.5 Å². The third-order valence-electron chi connectivity index (χ3n) is 4.83. The van der Waals surface area contributed by atoms with Gasteiger partial charge in [0.1, 0.15) is 11.9 Å². The highest BCUT2D eigenvalue weighted by molar-refractivity contribution is 5.40. The van der Waals surface area contributed by atoms with Crippen molar-refractivity contribution in [2.45, 2.75) is 51.6 Å². The average Bonchev–Trinajstić information content (AvgIpc) is 2.96. The lowest BCUT2D eigenvalue weighted by atomic mass is 9.80. The topological polar surface area (TPSA) is 21.3 Å². The summed E-state index contributed by atoms with van der Waals surface area (Å²) < 4.78 is 6.17. The predicted molar refractivity (Wildman–Crippen MR) is 78.7 cm³/mol. The minimum absolute atomic E-state index is 0.392. The molecule has 1 fully saturated rings. The second-order valence-corrected chi connectivity index (χ2v) is 6.50. The molecule has 1 aliphatic carbocycles. The Balaban J connectivity index is 1.69. The molecule has 1 atom stereocenters. The third-order valence-corrected chi connectivity index (χ3v) is 4.83. The van der Waals surface area contributed by atoms with E-state index in [0.717, 1.165) is 18.7 Å². The number of rotatable bonds is 4. The first-order valence-electron chi connectivity index (χ1n) is 7.62. The van der Waals surface area contributed by atoms with E-state index >= 15 is 0 Å². The van der Waals surface area contributed by atoms with Gasteiger partial charge in [-0.3, -0.25) is 0 Å². The zero-order chi connectivity index (χ0) is 13.3. The minimum atomic E-state index is 0.392. The van der Waals surface area contributed by atoms with Crippen LogP contribution in [0.15, 0.2) is 18.2 Å². The predicted octanol–water partition coefficient (Wildman–Crippen LogP) is 3.47. The molecule has 1 aromatic carbocycles. The van der Waals surface area contributed by atoms with E-state index < -0.39 is 0 Å². The lowest BCUT2D eigenvalue weighted by Gasteiger charge is -2.31. The number of aryl methyl sites for hydroxylation is 1. The molecule has 0 spiro atoms. The van der Waals surface area contributed by atoms with Gasteiger partial charge in [0.2, 0.25) is 0 Å². The van der Waals surface area contributed by atoms with Crippen LogP contribution in [0.2, 0.25) is 0 Å². The summed E-state index contributed by atoms with van der Waals surface area (Å²) in [6.07, 6.45) is 8.21. The summed E-state index contributed by atoms with van der Waals surface area (Å²) in [5, 5.41) is 3.40. The summed E-state index contributed by atoms with van der Waals surface area (Å²) in [5.74, 6) is 1.12. The van der Waals surface area contributed by atoms with Gasteiger partial charge in [0, 0.05) is 13.0 Å². The summed E-state index contributed by atoms with van der Waals surface area (Å²) in [6.45, 7) is 3.30. The van der Waals surface area contributed by atoms with Crippen molar-refractivity contribution in [1.82, 2.24) is 5.32 Å². The molecular weight excluding hydrogens is 234 g/mol. The fourth-order valence-corrected chi connectivity index (χ4v) is 4.00. The van der Waals surface area contributed by atoms with E-state index in [-0.39, 0.29) is 0 Å². The van der Waals surface area contributed by atoms with E-state index in [1.165, 1.54) is 43.2 Å². The molecule has 0 amide bonds. The number of fused-ring (bicyclic) bond motifs is 1. The first-order chi connectivity index (χ1) is 9.21. The van der Waals surface area contributed by atoms with Crippen LogP contribution in [-0.4, -0.2) is 19.7 Å². The molecule has 0 bridgehead atoms. The number of ether oxygens (including phenoxy) is 1. The molecule has 1 aliphatic heterocycles. The molecule has 1 unspecified atom stereocenters. The summed E-state index contributed by atoms with van der Waals surface area (Å²) >= 11 is 0. The van der Waals surface area contributed by atoms with Gasteiger partial charge in [-0.25, -0.2) is 0 Å². The number of nitrogens with one attached hydrogen (secondary N) is 1. The van der Waals surface area contributed by atoms with Crippen molar-refractivity contribution in [3.8, 4) is 5.75 Å². The Bertz CT molecular complexity index is 449. The Morgan fingerprint density at radius 2 is 2.11 bits per heavy atom. The quantitative estimate of drug-likeness (QED) is 0.894. The second kappa shape index (κ2) is 5.16. The van der Waals surface area contributed by atoms with Crippen LogP contribution in [0.3, 0.4) is 0 Å². The summed E-state index contributed by atoms with van der Waals surface area (Å²) in [7, 11) is 2.08. The Hall–Kier alpha value is -1.02. The standard InChI is InChI=1S/C17H25NO/c1-13-5-6-16-14(9-13)10-15(19-16)11-17(12-18-2)7-3-4-8-17/h5-6,9,15,18H,3-4,7-8,10-12H2,1-2H3. The number of benzene rings is 1. The molecule has 104 valence electrons. The number of hydrogen-bond acceptors (Lipinski definition) is 2. The molecule has 3 rings (SSSR count). The van der Waals surface area contributed by atoms with Crippen molar-refractivity contribution in [2.75, 3.05) is 13.6 Å². The molecule has 2 heteroatoms. The summed E-state index contributed by atoms with van der Waals surface area (Å²) in [6, 6.07) is 6.58. The zero-order valence-corrected chi connectivity index (χ0v) is 12.2. The van der Waals surface area contributed by atoms with Gasteiger partial charge in [0.25, 0.3) is 0 Å². The average molecular weight is 259 g/mol. The SMILES string of the molecule is CNCC1(CC2Cc3cc(C)ccc3O2)CCCC1. The van der Waals surface area contributed by atoms with Crippen LogP contribution in [0.5, 0.6) is 5.75 Å². The van der Waals surface area contributed by atoms with Gasteiger partial charge in [-0.1, -0.05) is 30.5 Å². The largest absolute Gasteiger partial charge is 0.490 e. The zero-order valence-electron chi connectivity index (χ0n) is 12.2. The molecule has 0 radical (unpaired) electrons. The van der Waals surface area contributed by atoms with Gasteiger partial charge >= 0.3 is 0 Å². The fourth-order valence-electron chi connectivity index (χ4n) is 4.00. The molecule has 0 aromatic heterocycles. The highest BCUT2D eigenvalue weighted by Crippen LogP contribution is 2.44. The lowest BCUT2D eigenvalue weighted by Crippen LogP contribution is -2.34.